The van der Waals surface area contributed by atoms with Gasteiger partial charge in [-0.1, -0.05) is 132 Å². The van der Waals surface area contributed by atoms with Crippen molar-refractivity contribution in [1.29, 1.82) is 0 Å². The number of benzene rings is 2. The molecule has 13 nitrogen and oxygen atoms in total. The van der Waals surface area contributed by atoms with Crippen LogP contribution >= 0.6 is 21.6 Å². The number of amides is 1. The van der Waals surface area contributed by atoms with Crippen molar-refractivity contribution in [3.63, 3.8) is 0 Å². The summed E-state index contributed by atoms with van der Waals surface area (Å²) >= 11 is 0. The number of aliphatic hydroxyl groups is 2. The lowest BCUT2D eigenvalue weighted by atomic mass is 9.87. The first kappa shape index (κ1) is 61.9. The van der Waals surface area contributed by atoms with E-state index < -0.39 is 48.8 Å². The summed E-state index contributed by atoms with van der Waals surface area (Å²) in [7, 11) is 2.74. The van der Waals surface area contributed by atoms with Crippen LogP contribution in [0.15, 0.2) is 65.8 Å². The van der Waals surface area contributed by atoms with Gasteiger partial charge in [-0.05, 0) is 124 Å². The molecule has 1 amide bonds. The molecule has 438 valence electrons. The van der Waals surface area contributed by atoms with Crippen LogP contribution in [-0.4, -0.2) is 97.2 Å². The fraction of sp³-hybridized carbons (Fsp3) is 0.403. The highest BCUT2D eigenvalue weighted by atomic mass is 33.1. The molecule has 1 heterocycles. The first-order valence-corrected chi connectivity index (χ1v) is 27.0. The van der Waals surface area contributed by atoms with E-state index in [-0.39, 0.29) is 84.8 Å². The average Bonchev–Trinajstić information content (AvgIpc) is 0.798. The molecule has 0 aromatic heterocycles. The van der Waals surface area contributed by atoms with E-state index in [4.69, 9.17) is 40.4 Å². The second-order valence-corrected chi connectivity index (χ2v) is 18.9. The topological polar surface area (TPSA) is 174 Å². The number of azide groups is 1. The standard InChI is InChI=1S/C62H56N4O9S2.24H2/c1-3-4-5-6-7-8-9-10-11-12-13-14-15-16-17-18-19-20-21-22-23-24-34-41-58(68)65-55(59(69)56(67)47-70-43-42-52-35-28-25-29-36-52)46-74-62-61(73-45-54-39-32-27-33-40-54)51(2)60(72-44-53-37-30-26-31-38-53)57(75-62)48-71-50-77-76-49-64-66-63;;;;;;;;;;;;;;;;;;;;;;;;/h1,26-27,30-33,37-40,51-52,55-57,59-62,67,69H,25,28-29,35-36,41-50H2,2H3,(H,65,68);24*1H/t51-,55-,56+,57?,59-,60+,61?,62-;;;;;;;;;;;;;;;;;;;;;;;;/m0......................../s1. The number of carbonyl (C=O) groups excluding carboxylic acids is 1. The largest absolute Gasteiger partial charge is 0.388 e. The molecule has 2 unspecified atom stereocenters. The van der Waals surface area contributed by atoms with Crippen LogP contribution in [0, 0.1) is 154 Å². The van der Waals surface area contributed by atoms with Crippen LogP contribution in [0.3, 0.4) is 0 Å². The van der Waals surface area contributed by atoms with Crippen molar-refractivity contribution >= 4 is 27.5 Å². The maximum Gasteiger partial charge on any atom is 0.232 e. The third-order valence-corrected chi connectivity index (χ3v) is 12.9. The minimum absolute atomic E-state index is 0. The van der Waals surface area contributed by atoms with Gasteiger partial charge in [0.2, 0.25) is 5.91 Å². The van der Waals surface area contributed by atoms with Gasteiger partial charge >= 0.3 is 0 Å². The van der Waals surface area contributed by atoms with Crippen molar-refractivity contribution < 1.29 is 77.7 Å². The first-order valence-electron chi connectivity index (χ1n) is 24.5. The number of aliphatic hydroxyl groups excluding tert-OH is 2. The van der Waals surface area contributed by atoms with Crippen LogP contribution in [0.1, 0.15) is 97.2 Å². The number of hydrogen-bond acceptors (Lipinski definition) is 12. The van der Waals surface area contributed by atoms with Crippen LogP contribution in [-0.2, 0) is 46.4 Å². The Balaban J connectivity index is -0.000000140. The SMILES string of the molecule is C#CC#CC#CC#CC#CC#CC#CC#CC#CC#CC#CC#CCC(=O)N[C@@H](CO[C@H]1OC(COCSSCN=[N+]=[N-])[C@H](OCc2ccccc2)[C@H](C)C1OCc1ccccc1)[C@H](O)[C@H](O)COCCC1CCCCC1.[HH].[HH].[HH].[HH].[HH].[HH].[HH].[HH].[HH].[HH].[HH].[HH].[HH].[HH].[HH].[HH].[HH].[HH].[HH].[HH].[HH].[HH].[HH].[HH]. The minimum Gasteiger partial charge on any atom is -0.388 e. The molecule has 2 aromatic rings. The van der Waals surface area contributed by atoms with Gasteiger partial charge in [0, 0.05) is 87.2 Å². The lowest BCUT2D eigenvalue weighted by molar-refractivity contribution is -0.309. The Hall–Kier alpha value is -7.68. The molecule has 2 fully saturated rings. The van der Waals surface area contributed by atoms with Crippen LogP contribution < -0.4 is 5.32 Å². The molecule has 1 saturated heterocycles. The fourth-order valence-electron chi connectivity index (χ4n) is 7.49. The van der Waals surface area contributed by atoms with Gasteiger partial charge in [-0.2, -0.15) is 0 Å². The summed E-state index contributed by atoms with van der Waals surface area (Å²) in [6, 6.07) is 18.3. The van der Waals surface area contributed by atoms with E-state index >= 15 is 0 Å². The number of nitrogens with one attached hydrogen (secondary N) is 1. The number of hydrogen-bond donors (Lipinski definition) is 3. The molecule has 8 atom stereocenters. The van der Waals surface area contributed by atoms with Gasteiger partial charge in [0.25, 0.3) is 0 Å². The number of nitrogens with zero attached hydrogens (tertiary/aromatic N) is 3. The molecule has 4 rings (SSSR count). The van der Waals surface area contributed by atoms with Gasteiger partial charge in [-0.3, -0.25) is 4.79 Å². The van der Waals surface area contributed by atoms with Gasteiger partial charge in [-0.25, -0.2) is 0 Å². The van der Waals surface area contributed by atoms with Gasteiger partial charge in [0.05, 0.1) is 57.5 Å². The zero-order chi connectivity index (χ0) is 54.6. The summed E-state index contributed by atoms with van der Waals surface area (Å²) in [6.45, 7) is 2.62. The highest BCUT2D eigenvalue weighted by Gasteiger charge is 2.46. The van der Waals surface area contributed by atoms with Crippen molar-refractivity contribution in [3.05, 3.63) is 82.2 Å². The normalized spacial score (nSPS) is 17.7. The van der Waals surface area contributed by atoms with Crippen molar-refractivity contribution in [1.82, 2.24) is 5.32 Å². The van der Waals surface area contributed by atoms with Gasteiger partial charge < -0.3 is 44.0 Å². The van der Waals surface area contributed by atoms with Crippen LogP contribution in [0.2, 0.25) is 0 Å². The molecule has 0 bridgehead atoms. The Morgan fingerprint density at radius 2 is 1.27 bits per heavy atom. The molecule has 1 aliphatic heterocycles. The molecular weight excluding hydrogens is 1010 g/mol. The van der Waals surface area contributed by atoms with Crippen LogP contribution in [0.4, 0.5) is 0 Å². The van der Waals surface area contributed by atoms with Crippen LogP contribution in [0.5, 0.6) is 0 Å². The molecule has 1 aliphatic carbocycles. The average molecular weight is 1110 g/mol. The lowest BCUT2D eigenvalue weighted by Gasteiger charge is -2.45. The second-order valence-electron chi connectivity index (χ2n) is 16.6. The second kappa shape index (κ2) is 40.6. The summed E-state index contributed by atoms with van der Waals surface area (Å²) in [5.74, 6) is 57.6. The molecule has 1 saturated carbocycles. The number of terminal acetylenes is 1. The summed E-state index contributed by atoms with van der Waals surface area (Å²) < 4.78 is 38.2. The third kappa shape index (κ3) is 27.6. The number of carbonyl (C=O) groups is 1. The van der Waals surface area contributed by atoms with E-state index in [1.165, 1.54) is 40.9 Å². The van der Waals surface area contributed by atoms with E-state index in [2.05, 4.69) is 152 Å². The smallest absolute Gasteiger partial charge is 0.232 e. The predicted molar refractivity (Wildman–Crippen MR) is 350 cm³/mol. The van der Waals surface area contributed by atoms with Crippen molar-refractivity contribution in [2.45, 2.75) is 108 Å². The van der Waals surface area contributed by atoms with E-state index in [1.54, 1.807) is 0 Å². The molecule has 15 heteroatoms. The lowest BCUT2D eigenvalue weighted by Crippen LogP contribution is -2.58. The van der Waals surface area contributed by atoms with Crippen LogP contribution in [0.25, 0.3) is 10.4 Å². The summed E-state index contributed by atoms with van der Waals surface area (Å²) in [5.41, 5.74) is 10.5. The van der Waals surface area contributed by atoms with Gasteiger partial charge in [-0.15, -0.1) is 6.42 Å². The molecule has 2 aromatic carbocycles. The molecule has 77 heavy (non-hydrogen) atoms. The van der Waals surface area contributed by atoms with Gasteiger partial charge in [0.15, 0.2) is 6.29 Å². The predicted octanol–water partition coefficient (Wildman–Crippen LogP) is 12.3. The summed E-state index contributed by atoms with van der Waals surface area (Å²) in [6.07, 6.45) is 5.73. The van der Waals surface area contributed by atoms with E-state index in [9.17, 15) is 15.0 Å². The number of ether oxygens (including phenoxy) is 6. The quantitative estimate of drug-likeness (QED) is 0.0164. The highest BCUT2D eigenvalue weighted by Crippen LogP contribution is 2.34. The molecular formula is C62H104N4O9S2. The van der Waals surface area contributed by atoms with E-state index in [0.717, 1.165) is 30.4 Å². The number of rotatable bonds is 25. The molecule has 0 radical (unpaired) electrons. The Morgan fingerprint density at radius 1 is 0.740 bits per heavy atom. The summed E-state index contributed by atoms with van der Waals surface area (Å²) in [4.78, 5) is 16.2. The van der Waals surface area contributed by atoms with Gasteiger partial charge in [0.1, 0.15) is 30.4 Å². The zero-order valence-corrected chi connectivity index (χ0v) is 44.2. The Labute approximate surface area is 497 Å². The first-order chi connectivity index (χ1) is 37.9. The molecule has 3 N–H and O–H groups in total. The zero-order valence-electron chi connectivity index (χ0n) is 42.6. The van der Waals surface area contributed by atoms with Crippen molar-refractivity contribution in [3.8, 4) is 143 Å². The monoisotopic (exact) mass is 1110 g/mol. The maximum atomic E-state index is 13.4. The van der Waals surface area contributed by atoms with Crippen molar-refractivity contribution in [2.75, 3.05) is 38.2 Å². The third-order valence-electron chi connectivity index (χ3n) is 11.2. The van der Waals surface area contributed by atoms with E-state index in [0.29, 0.717) is 19.1 Å². The Kier molecular flexibility index (Phi) is 32.6. The van der Waals surface area contributed by atoms with E-state index in [1.807, 2.05) is 67.6 Å². The minimum atomic E-state index is -1.52. The fourth-order valence-corrected chi connectivity index (χ4v) is 8.67. The molecule has 2 aliphatic rings. The molecule has 0 spiro atoms. The Morgan fingerprint density at radius 3 is 1.82 bits per heavy atom. The maximum absolute atomic E-state index is 13.4. The van der Waals surface area contributed by atoms with Crippen molar-refractivity contribution in [2.24, 2.45) is 17.0 Å². The Bertz CT molecular complexity index is 3110. The highest BCUT2D eigenvalue weighted by molar-refractivity contribution is 8.76. The summed E-state index contributed by atoms with van der Waals surface area (Å²) in [5, 5.41) is 29.2.